The number of ketones is 1. The predicted molar refractivity (Wildman–Crippen MR) is 75.1 cm³/mol. The Morgan fingerprint density at radius 1 is 1.11 bits per heavy atom. The van der Waals surface area contributed by atoms with E-state index in [2.05, 4.69) is 0 Å². The Labute approximate surface area is 112 Å². The minimum absolute atomic E-state index is 0.141. The van der Waals surface area contributed by atoms with Crippen LogP contribution in [0.15, 0.2) is 46.4 Å². The normalized spacial score (nSPS) is 17.3. The number of rotatable bonds is 1. The molecule has 96 valence electrons. The molecule has 0 aliphatic heterocycles. The minimum atomic E-state index is 0.141. The highest BCUT2D eigenvalue weighted by Crippen LogP contribution is 2.26. The van der Waals surface area contributed by atoms with Crippen molar-refractivity contribution in [1.29, 1.82) is 0 Å². The third kappa shape index (κ3) is 2.39. The van der Waals surface area contributed by atoms with Crippen LogP contribution in [0.2, 0.25) is 0 Å². The van der Waals surface area contributed by atoms with Gasteiger partial charge in [0.15, 0.2) is 5.78 Å². The van der Waals surface area contributed by atoms with Gasteiger partial charge in [0.05, 0.1) is 0 Å². The Bertz CT molecular complexity index is 647. The second-order valence-electron chi connectivity index (χ2n) is 4.96. The van der Waals surface area contributed by atoms with Gasteiger partial charge in [-0.05, 0) is 50.0 Å². The maximum atomic E-state index is 12.5. The fourth-order valence-corrected chi connectivity index (χ4v) is 2.56. The van der Waals surface area contributed by atoms with E-state index in [0.29, 0.717) is 0 Å². The molecule has 0 bridgehead atoms. The van der Waals surface area contributed by atoms with Gasteiger partial charge in [-0.3, -0.25) is 4.79 Å². The molecular formula is C17H16O2. The molecule has 0 unspecified atom stereocenters. The first-order valence-corrected chi connectivity index (χ1v) is 6.63. The van der Waals surface area contributed by atoms with E-state index in [1.807, 2.05) is 49.4 Å². The summed E-state index contributed by atoms with van der Waals surface area (Å²) in [7, 11) is 0. The number of hydrogen-bond acceptors (Lipinski definition) is 2. The standard InChI is InChI=1S/C17H16O2/c1-12-9-10-15(19-12)11-14-7-4-6-13-5-2-3-8-16(13)17(14)18/h2-3,5,8-11H,4,6-7H2,1H3/b14-11+. The molecule has 2 nitrogen and oxygen atoms in total. The lowest BCUT2D eigenvalue weighted by Crippen LogP contribution is -2.03. The maximum Gasteiger partial charge on any atom is 0.189 e. The van der Waals surface area contributed by atoms with Gasteiger partial charge in [-0.1, -0.05) is 24.3 Å². The Morgan fingerprint density at radius 2 is 1.95 bits per heavy atom. The van der Waals surface area contributed by atoms with E-state index in [1.54, 1.807) is 0 Å². The van der Waals surface area contributed by atoms with Gasteiger partial charge in [-0.15, -0.1) is 0 Å². The molecule has 0 radical (unpaired) electrons. The van der Waals surface area contributed by atoms with Crippen LogP contribution in [-0.4, -0.2) is 5.78 Å². The molecule has 0 atom stereocenters. The Balaban J connectivity index is 2.00. The van der Waals surface area contributed by atoms with Crippen molar-refractivity contribution < 1.29 is 9.21 Å². The molecule has 3 rings (SSSR count). The van der Waals surface area contributed by atoms with Crippen LogP contribution in [0.1, 0.15) is 40.3 Å². The molecule has 0 saturated carbocycles. The molecular weight excluding hydrogens is 236 g/mol. The van der Waals surface area contributed by atoms with Crippen LogP contribution in [0, 0.1) is 6.92 Å². The van der Waals surface area contributed by atoms with Crippen molar-refractivity contribution in [3.8, 4) is 0 Å². The van der Waals surface area contributed by atoms with E-state index < -0.39 is 0 Å². The van der Waals surface area contributed by atoms with Crippen LogP contribution in [0.25, 0.3) is 6.08 Å². The van der Waals surface area contributed by atoms with Crippen LogP contribution in [-0.2, 0) is 6.42 Å². The van der Waals surface area contributed by atoms with E-state index in [0.717, 1.165) is 47.5 Å². The highest BCUT2D eigenvalue weighted by molar-refractivity contribution is 6.12. The molecule has 2 aromatic rings. The summed E-state index contributed by atoms with van der Waals surface area (Å²) in [6.07, 6.45) is 4.68. The molecule has 1 heterocycles. The summed E-state index contributed by atoms with van der Waals surface area (Å²) in [4.78, 5) is 12.5. The van der Waals surface area contributed by atoms with Crippen molar-refractivity contribution in [3.63, 3.8) is 0 Å². The number of benzene rings is 1. The number of furan rings is 1. The highest BCUT2D eigenvalue weighted by Gasteiger charge is 2.19. The van der Waals surface area contributed by atoms with Crippen LogP contribution in [0.5, 0.6) is 0 Å². The summed E-state index contributed by atoms with van der Waals surface area (Å²) >= 11 is 0. The first-order chi connectivity index (χ1) is 9.24. The topological polar surface area (TPSA) is 30.2 Å². The van der Waals surface area contributed by atoms with E-state index >= 15 is 0 Å². The van der Waals surface area contributed by atoms with Gasteiger partial charge in [0, 0.05) is 11.1 Å². The highest BCUT2D eigenvalue weighted by atomic mass is 16.3. The summed E-state index contributed by atoms with van der Waals surface area (Å²) in [5.74, 6) is 1.77. The van der Waals surface area contributed by atoms with Crippen LogP contribution in [0.4, 0.5) is 0 Å². The fourth-order valence-electron chi connectivity index (χ4n) is 2.56. The average molecular weight is 252 g/mol. The summed E-state index contributed by atoms with van der Waals surface area (Å²) in [6, 6.07) is 11.7. The molecule has 0 N–H and O–H groups in total. The first-order valence-electron chi connectivity index (χ1n) is 6.63. The molecule has 2 heteroatoms. The molecule has 0 spiro atoms. The summed E-state index contributed by atoms with van der Waals surface area (Å²) in [6.45, 7) is 1.91. The number of carbonyl (C=O) groups excluding carboxylic acids is 1. The molecule has 19 heavy (non-hydrogen) atoms. The minimum Gasteiger partial charge on any atom is -0.462 e. The Kier molecular flexibility index (Phi) is 3.08. The largest absolute Gasteiger partial charge is 0.462 e. The Morgan fingerprint density at radius 3 is 2.74 bits per heavy atom. The SMILES string of the molecule is Cc1ccc(/C=C2\CCCc3ccccc3C2=O)o1. The van der Waals surface area contributed by atoms with E-state index in [-0.39, 0.29) is 5.78 Å². The Hall–Kier alpha value is -2.09. The zero-order valence-electron chi connectivity index (χ0n) is 11.0. The lowest BCUT2D eigenvalue weighted by molar-refractivity contribution is 0.103. The smallest absolute Gasteiger partial charge is 0.189 e. The number of allylic oxidation sites excluding steroid dienone is 1. The van der Waals surface area contributed by atoms with Crippen LogP contribution in [0.3, 0.4) is 0 Å². The van der Waals surface area contributed by atoms with Gasteiger partial charge >= 0.3 is 0 Å². The third-order valence-corrected chi connectivity index (χ3v) is 3.52. The second-order valence-corrected chi connectivity index (χ2v) is 4.96. The summed E-state index contributed by atoms with van der Waals surface area (Å²) in [5.41, 5.74) is 2.85. The van der Waals surface area contributed by atoms with Gasteiger partial charge in [0.25, 0.3) is 0 Å². The van der Waals surface area contributed by atoms with E-state index in [1.165, 1.54) is 0 Å². The van der Waals surface area contributed by atoms with Crippen molar-refractivity contribution in [3.05, 3.63) is 64.6 Å². The van der Waals surface area contributed by atoms with Crippen LogP contribution >= 0.6 is 0 Å². The van der Waals surface area contributed by atoms with Gasteiger partial charge in [0.2, 0.25) is 0 Å². The van der Waals surface area contributed by atoms with Crippen molar-refractivity contribution in [2.24, 2.45) is 0 Å². The first kappa shape index (κ1) is 12.0. The third-order valence-electron chi connectivity index (χ3n) is 3.52. The van der Waals surface area contributed by atoms with Crippen molar-refractivity contribution in [2.75, 3.05) is 0 Å². The average Bonchev–Trinajstić information content (AvgIpc) is 2.75. The predicted octanol–water partition coefficient (Wildman–Crippen LogP) is 4.19. The molecule has 0 amide bonds. The number of fused-ring (bicyclic) bond motifs is 1. The molecule has 1 aliphatic rings. The lowest BCUT2D eigenvalue weighted by Gasteiger charge is -2.04. The van der Waals surface area contributed by atoms with Gasteiger partial charge < -0.3 is 4.42 Å². The second kappa shape index (κ2) is 4.88. The number of hydrogen-bond donors (Lipinski definition) is 0. The molecule has 0 fully saturated rings. The van der Waals surface area contributed by atoms with Crippen molar-refractivity contribution in [1.82, 2.24) is 0 Å². The number of carbonyl (C=O) groups is 1. The van der Waals surface area contributed by atoms with E-state index in [9.17, 15) is 4.79 Å². The van der Waals surface area contributed by atoms with Gasteiger partial charge in [-0.25, -0.2) is 0 Å². The lowest BCUT2D eigenvalue weighted by atomic mass is 9.99. The van der Waals surface area contributed by atoms with Crippen LogP contribution < -0.4 is 0 Å². The fraction of sp³-hybridized carbons (Fsp3) is 0.235. The summed E-state index contributed by atoms with van der Waals surface area (Å²) < 4.78 is 5.53. The molecule has 1 aromatic heterocycles. The van der Waals surface area contributed by atoms with Gasteiger partial charge in [0.1, 0.15) is 11.5 Å². The maximum absolute atomic E-state index is 12.5. The van der Waals surface area contributed by atoms with Crippen molar-refractivity contribution >= 4 is 11.9 Å². The molecule has 1 aliphatic carbocycles. The van der Waals surface area contributed by atoms with Crippen molar-refractivity contribution in [2.45, 2.75) is 26.2 Å². The number of aryl methyl sites for hydroxylation is 2. The quantitative estimate of drug-likeness (QED) is 0.562. The zero-order valence-corrected chi connectivity index (χ0v) is 11.0. The zero-order chi connectivity index (χ0) is 13.2. The number of Topliss-reactive ketones (excluding diaryl/α,β-unsaturated/α-hetero) is 1. The van der Waals surface area contributed by atoms with Gasteiger partial charge in [-0.2, -0.15) is 0 Å². The van der Waals surface area contributed by atoms with E-state index in [4.69, 9.17) is 4.42 Å². The molecule has 1 aromatic carbocycles. The molecule has 0 saturated heterocycles. The summed E-state index contributed by atoms with van der Waals surface area (Å²) in [5, 5.41) is 0. The monoisotopic (exact) mass is 252 g/mol.